The molecule has 114 valence electrons. The molecular weight excluding hydrogens is 272 g/mol. The first-order valence-corrected chi connectivity index (χ1v) is 6.99. The lowest BCUT2D eigenvalue weighted by Crippen LogP contribution is -2.47. The van der Waals surface area contributed by atoms with E-state index in [0.29, 0.717) is 24.7 Å². The highest BCUT2D eigenvalue weighted by atomic mass is 16.5. The molecule has 3 N–H and O–H groups in total. The maximum Gasteiger partial charge on any atom is 0.163 e. The number of aliphatic hydroxyl groups excluding tert-OH is 1. The van der Waals surface area contributed by atoms with Gasteiger partial charge in [-0.05, 0) is 6.92 Å². The van der Waals surface area contributed by atoms with E-state index in [1.54, 1.807) is 10.9 Å². The molecule has 0 aliphatic carbocycles. The van der Waals surface area contributed by atoms with Crippen molar-refractivity contribution in [2.24, 2.45) is 7.05 Å². The third-order valence-electron chi connectivity index (χ3n) is 3.64. The summed E-state index contributed by atoms with van der Waals surface area (Å²) in [5.41, 5.74) is 6.70. The molecule has 0 radical (unpaired) electrons. The van der Waals surface area contributed by atoms with E-state index in [9.17, 15) is 5.11 Å². The molecule has 0 saturated carbocycles. The van der Waals surface area contributed by atoms with Crippen molar-refractivity contribution in [1.82, 2.24) is 24.6 Å². The van der Waals surface area contributed by atoms with Gasteiger partial charge in [-0.2, -0.15) is 5.10 Å². The van der Waals surface area contributed by atoms with E-state index in [0.717, 1.165) is 17.6 Å². The van der Waals surface area contributed by atoms with Gasteiger partial charge in [0, 0.05) is 20.1 Å². The summed E-state index contributed by atoms with van der Waals surface area (Å²) in [4.78, 5) is 11.1. The first-order valence-electron chi connectivity index (χ1n) is 6.99. The molecule has 3 rings (SSSR count). The van der Waals surface area contributed by atoms with Crippen molar-refractivity contribution in [3.8, 4) is 0 Å². The number of hydrogen-bond donors (Lipinski definition) is 2. The van der Waals surface area contributed by atoms with Crippen LogP contribution >= 0.6 is 0 Å². The summed E-state index contributed by atoms with van der Waals surface area (Å²) in [5.74, 6) is 1.11. The number of nitrogen functional groups attached to an aromatic ring is 1. The van der Waals surface area contributed by atoms with Crippen molar-refractivity contribution in [3.63, 3.8) is 0 Å². The fraction of sp³-hybridized carbons (Fsp3) is 0.615. The maximum atomic E-state index is 9.27. The molecular formula is C13H20N6O2. The summed E-state index contributed by atoms with van der Waals surface area (Å²) < 4.78 is 7.32. The van der Waals surface area contributed by atoms with Crippen molar-refractivity contribution in [1.29, 1.82) is 0 Å². The second-order valence-corrected chi connectivity index (χ2v) is 5.48. The van der Waals surface area contributed by atoms with Gasteiger partial charge in [0.05, 0.1) is 36.9 Å². The smallest absolute Gasteiger partial charge is 0.163 e. The van der Waals surface area contributed by atoms with Gasteiger partial charge in [-0.25, -0.2) is 9.97 Å². The van der Waals surface area contributed by atoms with Gasteiger partial charge < -0.3 is 15.6 Å². The number of aryl methyl sites for hydroxylation is 1. The van der Waals surface area contributed by atoms with Crippen LogP contribution in [0.1, 0.15) is 12.7 Å². The Kier molecular flexibility index (Phi) is 3.75. The van der Waals surface area contributed by atoms with Crippen molar-refractivity contribution in [3.05, 3.63) is 12.0 Å². The zero-order chi connectivity index (χ0) is 15.0. The minimum Gasteiger partial charge on any atom is -0.394 e. The van der Waals surface area contributed by atoms with E-state index in [2.05, 4.69) is 20.0 Å². The van der Waals surface area contributed by atoms with Gasteiger partial charge in [-0.3, -0.25) is 9.58 Å². The van der Waals surface area contributed by atoms with Crippen LogP contribution < -0.4 is 5.73 Å². The number of aromatic nitrogens is 4. The molecule has 1 saturated heterocycles. The molecule has 3 heterocycles. The Morgan fingerprint density at radius 3 is 3.00 bits per heavy atom. The molecule has 0 amide bonds. The minimum atomic E-state index is -0.161. The van der Waals surface area contributed by atoms with Gasteiger partial charge in [0.2, 0.25) is 0 Å². The predicted octanol–water partition coefficient (Wildman–Crippen LogP) is -0.473. The lowest BCUT2D eigenvalue weighted by Gasteiger charge is -2.35. The molecule has 21 heavy (non-hydrogen) atoms. The zero-order valence-electron chi connectivity index (χ0n) is 12.2. The van der Waals surface area contributed by atoms with Crippen molar-refractivity contribution in [2.45, 2.75) is 25.7 Å². The molecule has 0 spiro atoms. The fourth-order valence-corrected chi connectivity index (χ4v) is 2.73. The molecule has 8 heteroatoms. The standard InChI is InChI=1S/C13H20N6O2/c1-8-4-19(5-9(7-20)21-8)6-11-16-12(14)10-3-15-18(2)13(10)17-11/h3,8-9,20H,4-7H2,1-2H3,(H2,14,16,17). The maximum absolute atomic E-state index is 9.27. The topological polar surface area (TPSA) is 102 Å². The van der Waals surface area contributed by atoms with Gasteiger partial charge >= 0.3 is 0 Å². The normalized spacial score (nSPS) is 23.8. The molecule has 1 fully saturated rings. The highest BCUT2D eigenvalue weighted by Crippen LogP contribution is 2.18. The molecule has 1 aliphatic rings. The molecule has 2 aromatic heterocycles. The van der Waals surface area contributed by atoms with Gasteiger partial charge in [-0.1, -0.05) is 0 Å². The van der Waals surface area contributed by atoms with Crippen LogP contribution in [-0.4, -0.2) is 61.7 Å². The number of ether oxygens (including phenoxy) is 1. The number of hydrogen-bond acceptors (Lipinski definition) is 7. The fourth-order valence-electron chi connectivity index (χ4n) is 2.73. The summed E-state index contributed by atoms with van der Waals surface area (Å²) in [5, 5.41) is 14.2. The largest absolute Gasteiger partial charge is 0.394 e. The molecule has 0 bridgehead atoms. The van der Waals surface area contributed by atoms with Crippen LogP contribution in [0.15, 0.2) is 6.20 Å². The Morgan fingerprint density at radius 2 is 2.24 bits per heavy atom. The summed E-state index contributed by atoms with van der Waals surface area (Å²) >= 11 is 0. The number of anilines is 1. The van der Waals surface area contributed by atoms with E-state index in [4.69, 9.17) is 10.5 Å². The number of nitrogens with zero attached hydrogens (tertiary/aromatic N) is 5. The Labute approximate surface area is 122 Å². The Bertz CT molecular complexity index is 643. The third kappa shape index (κ3) is 2.82. The summed E-state index contributed by atoms with van der Waals surface area (Å²) in [6.07, 6.45) is 1.59. The molecule has 1 aliphatic heterocycles. The SMILES string of the molecule is CC1CN(Cc2nc(N)c3cnn(C)c3n2)CC(CO)O1. The van der Waals surface area contributed by atoms with Gasteiger partial charge in [-0.15, -0.1) is 0 Å². The van der Waals surface area contributed by atoms with Crippen LogP contribution in [0.25, 0.3) is 11.0 Å². The zero-order valence-corrected chi connectivity index (χ0v) is 12.2. The van der Waals surface area contributed by atoms with E-state index < -0.39 is 0 Å². The Hall–Kier alpha value is -1.77. The molecule has 0 aromatic carbocycles. The van der Waals surface area contributed by atoms with Crippen molar-refractivity contribution >= 4 is 16.9 Å². The lowest BCUT2D eigenvalue weighted by atomic mass is 10.2. The Balaban J connectivity index is 1.82. The number of rotatable bonds is 3. The highest BCUT2D eigenvalue weighted by molar-refractivity contribution is 5.84. The number of nitrogens with two attached hydrogens (primary N) is 1. The number of fused-ring (bicyclic) bond motifs is 1. The van der Waals surface area contributed by atoms with Crippen molar-refractivity contribution < 1.29 is 9.84 Å². The number of morpholine rings is 1. The van der Waals surface area contributed by atoms with Gasteiger partial charge in [0.15, 0.2) is 5.65 Å². The highest BCUT2D eigenvalue weighted by Gasteiger charge is 2.25. The van der Waals surface area contributed by atoms with Crippen molar-refractivity contribution in [2.75, 3.05) is 25.4 Å². The van der Waals surface area contributed by atoms with E-state index in [1.165, 1.54) is 0 Å². The first-order chi connectivity index (χ1) is 10.1. The first kappa shape index (κ1) is 14.2. The van der Waals surface area contributed by atoms with Gasteiger partial charge in [0.1, 0.15) is 11.6 Å². The molecule has 2 aromatic rings. The number of aliphatic hydroxyl groups is 1. The van der Waals surface area contributed by atoms with Crippen LogP contribution in [0.5, 0.6) is 0 Å². The summed E-state index contributed by atoms with van der Waals surface area (Å²) in [6.45, 7) is 4.03. The quantitative estimate of drug-likeness (QED) is 0.788. The molecule has 8 nitrogen and oxygen atoms in total. The average molecular weight is 292 g/mol. The van der Waals surface area contributed by atoms with E-state index in [-0.39, 0.29) is 18.8 Å². The second-order valence-electron chi connectivity index (χ2n) is 5.48. The molecule has 2 unspecified atom stereocenters. The van der Waals surface area contributed by atoms with Gasteiger partial charge in [0.25, 0.3) is 0 Å². The minimum absolute atomic E-state index is 0.0185. The van der Waals surface area contributed by atoms with Crippen LogP contribution in [0, 0.1) is 0 Å². The lowest BCUT2D eigenvalue weighted by molar-refractivity contribution is -0.0977. The summed E-state index contributed by atoms with van der Waals surface area (Å²) in [6, 6.07) is 0. The Morgan fingerprint density at radius 1 is 1.43 bits per heavy atom. The average Bonchev–Trinajstić information content (AvgIpc) is 2.80. The monoisotopic (exact) mass is 292 g/mol. The summed E-state index contributed by atoms with van der Waals surface area (Å²) in [7, 11) is 1.83. The van der Waals surface area contributed by atoms with E-state index >= 15 is 0 Å². The van der Waals surface area contributed by atoms with E-state index in [1.807, 2.05) is 14.0 Å². The second kappa shape index (κ2) is 5.55. The third-order valence-corrected chi connectivity index (χ3v) is 3.64. The predicted molar refractivity (Wildman–Crippen MR) is 77.4 cm³/mol. The van der Waals surface area contributed by atoms with Crippen LogP contribution in [0.3, 0.4) is 0 Å². The van der Waals surface area contributed by atoms with Crippen LogP contribution in [0.2, 0.25) is 0 Å². The van der Waals surface area contributed by atoms with Crippen LogP contribution in [0.4, 0.5) is 5.82 Å². The van der Waals surface area contributed by atoms with Crippen LogP contribution in [-0.2, 0) is 18.3 Å². The molecule has 2 atom stereocenters.